The first-order valence-corrected chi connectivity index (χ1v) is 10.5. The molecule has 0 heterocycles. The van der Waals surface area contributed by atoms with E-state index in [4.69, 9.17) is 11.8 Å². The summed E-state index contributed by atoms with van der Waals surface area (Å²) in [5.74, 6) is -1.85. The van der Waals surface area contributed by atoms with Crippen LogP contribution in [0, 0.1) is 6.92 Å². The molecule has 9 heteroatoms. The van der Waals surface area contributed by atoms with Gasteiger partial charge in [-0.15, -0.1) is 0 Å². The van der Waals surface area contributed by atoms with Crippen molar-refractivity contribution >= 4 is 45.1 Å². The van der Waals surface area contributed by atoms with Crippen LogP contribution in [0.5, 0.6) is 0 Å². The molecule has 3 aromatic rings. The molecule has 0 atom stereocenters. The highest BCUT2D eigenvalue weighted by atomic mass is 35.5. The number of carboxylic acids is 1. The minimum absolute atomic E-state index is 0.0326. The summed E-state index contributed by atoms with van der Waals surface area (Å²) < 4.78 is 26.4. The monoisotopic (exact) mass is 444 g/mol. The van der Waals surface area contributed by atoms with Gasteiger partial charge in [0.05, 0.1) is 21.8 Å². The predicted molar refractivity (Wildman–Crippen MR) is 114 cm³/mol. The van der Waals surface area contributed by atoms with Crippen LogP contribution in [-0.2, 0) is 10.0 Å². The molecule has 1 amide bonds. The minimum Gasteiger partial charge on any atom is -0.478 e. The highest BCUT2D eigenvalue weighted by Gasteiger charge is 2.25. The van der Waals surface area contributed by atoms with Crippen molar-refractivity contribution in [3.05, 3.63) is 89.5 Å². The van der Waals surface area contributed by atoms with Crippen LogP contribution in [0.1, 0.15) is 26.3 Å². The molecule has 0 spiro atoms. The van der Waals surface area contributed by atoms with Crippen molar-refractivity contribution in [2.45, 2.75) is 11.8 Å². The zero-order valence-corrected chi connectivity index (χ0v) is 17.3. The van der Waals surface area contributed by atoms with Crippen molar-refractivity contribution < 1.29 is 23.1 Å². The Bertz CT molecular complexity index is 1210. The Labute approximate surface area is 178 Å². The summed E-state index contributed by atoms with van der Waals surface area (Å²) in [6.07, 6.45) is 0. The largest absolute Gasteiger partial charge is 0.478 e. The Kier molecular flexibility index (Phi) is 6.09. The topological polar surface area (TPSA) is 104 Å². The quantitative estimate of drug-likeness (QED) is 0.552. The van der Waals surface area contributed by atoms with Gasteiger partial charge < -0.3 is 10.4 Å². The van der Waals surface area contributed by atoms with E-state index in [-0.39, 0.29) is 27.4 Å². The number of hydrogen-bond acceptors (Lipinski definition) is 4. The van der Waals surface area contributed by atoms with E-state index in [9.17, 15) is 23.1 Å². The maximum Gasteiger partial charge on any atom is 0.337 e. The first kappa shape index (κ1) is 21.4. The van der Waals surface area contributed by atoms with Gasteiger partial charge in [-0.3, -0.25) is 4.79 Å². The number of nitrogens with zero attached hydrogens (tertiary/aromatic N) is 1. The summed E-state index contributed by atoms with van der Waals surface area (Å²) in [6, 6.07) is 17.8. The van der Waals surface area contributed by atoms with Crippen molar-refractivity contribution in [2.24, 2.45) is 0 Å². The fourth-order valence-corrected chi connectivity index (χ4v) is 4.13. The first-order valence-electron chi connectivity index (χ1n) is 8.71. The van der Waals surface area contributed by atoms with Crippen molar-refractivity contribution in [3.63, 3.8) is 0 Å². The molecule has 0 aromatic heterocycles. The van der Waals surface area contributed by atoms with Crippen LogP contribution in [0.2, 0.25) is 0 Å². The number of aryl methyl sites for hydroxylation is 1. The van der Waals surface area contributed by atoms with Crippen molar-refractivity contribution in [1.82, 2.24) is 0 Å². The van der Waals surface area contributed by atoms with Crippen LogP contribution in [-0.4, -0.2) is 25.4 Å². The van der Waals surface area contributed by atoms with Crippen molar-refractivity contribution in [3.8, 4) is 0 Å². The van der Waals surface area contributed by atoms with E-state index < -0.39 is 21.9 Å². The third-order valence-electron chi connectivity index (χ3n) is 4.25. The molecule has 0 saturated carbocycles. The molecule has 0 aliphatic carbocycles. The Balaban J connectivity index is 1.89. The molecular weight excluding hydrogens is 428 g/mol. The molecule has 30 heavy (non-hydrogen) atoms. The third-order valence-corrected chi connectivity index (χ3v) is 6.47. The van der Waals surface area contributed by atoms with E-state index in [0.29, 0.717) is 3.82 Å². The summed E-state index contributed by atoms with van der Waals surface area (Å²) in [6.45, 7) is 1.86. The highest BCUT2D eigenvalue weighted by molar-refractivity contribution is 7.94. The van der Waals surface area contributed by atoms with Gasteiger partial charge in [-0.25, -0.2) is 4.79 Å². The molecule has 0 saturated heterocycles. The van der Waals surface area contributed by atoms with E-state index in [1.807, 2.05) is 6.92 Å². The lowest BCUT2D eigenvalue weighted by Crippen LogP contribution is -2.22. The second-order valence-corrected chi connectivity index (χ2v) is 8.71. The fraction of sp³-hybridized carbons (Fsp3) is 0.0476. The van der Waals surface area contributed by atoms with Gasteiger partial charge in [0.15, 0.2) is 0 Å². The van der Waals surface area contributed by atoms with Crippen LogP contribution in [0.3, 0.4) is 0 Å². The van der Waals surface area contributed by atoms with Gasteiger partial charge in [-0.05, 0) is 49.4 Å². The normalized spacial score (nSPS) is 11.0. The Morgan fingerprint density at radius 1 is 0.967 bits per heavy atom. The molecule has 0 fully saturated rings. The van der Waals surface area contributed by atoms with Crippen molar-refractivity contribution in [2.75, 3.05) is 9.14 Å². The first-order chi connectivity index (χ1) is 14.2. The molecule has 0 aliphatic heterocycles. The summed E-state index contributed by atoms with van der Waals surface area (Å²) in [4.78, 5) is 23.7. The van der Waals surface area contributed by atoms with Gasteiger partial charge in [-0.2, -0.15) is 12.2 Å². The number of carboxylic acid groups (broad SMARTS) is 1. The molecular formula is C21H17ClN2O5S. The van der Waals surface area contributed by atoms with Crippen LogP contribution in [0.15, 0.2) is 77.7 Å². The Morgan fingerprint density at radius 2 is 1.63 bits per heavy atom. The lowest BCUT2D eigenvalue weighted by Gasteiger charge is -2.17. The molecule has 2 N–H and O–H groups in total. The zero-order chi connectivity index (χ0) is 21.9. The maximum absolute atomic E-state index is 12.9. The molecule has 154 valence electrons. The molecule has 3 rings (SSSR count). The van der Waals surface area contributed by atoms with Crippen LogP contribution >= 0.6 is 11.8 Å². The van der Waals surface area contributed by atoms with E-state index >= 15 is 0 Å². The molecule has 0 unspecified atom stereocenters. The summed E-state index contributed by atoms with van der Waals surface area (Å²) in [5, 5.41) is 11.7. The maximum atomic E-state index is 12.9. The van der Waals surface area contributed by atoms with E-state index in [0.717, 1.165) is 5.56 Å². The minimum atomic E-state index is -4.13. The zero-order valence-electron chi connectivity index (χ0n) is 15.7. The lowest BCUT2D eigenvalue weighted by atomic mass is 10.1. The van der Waals surface area contributed by atoms with Crippen LogP contribution in [0.25, 0.3) is 0 Å². The fourth-order valence-electron chi connectivity index (χ4n) is 2.66. The van der Waals surface area contributed by atoms with Gasteiger partial charge in [0.25, 0.3) is 15.9 Å². The third kappa shape index (κ3) is 4.45. The second kappa shape index (κ2) is 8.56. The molecule has 3 aromatic carbocycles. The Hall–Kier alpha value is -3.36. The summed E-state index contributed by atoms with van der Waals surface area (Å²) >= 11 is 6.08. The summed E-state index contributed by atoms with van der Waals surface area (Å²) in [5.41, 5.74) is 1.25. The number of sulfonamides is 1. The number of carbonyl (C=O) groups excluding carboxylic acids is 1. The standard InChI is InChI=1S/C21H17ClN2O5S/c1-14-9-11-16(12-10-14)24(22)30(28,29)17-6-4-5-15(13-17)20(25)23-19-8-3-2-7-18(19)21(26)27/h2-13H,1H3,(H,23,25)(H,26,27). The molecule has 0 aliphatic rings. The number of amides is 1. The summed E-state index contributed by atoms with van der Waals surface area (Å²) in [7, 11) is -4.13. The van der Waals surface area contributed by atoms with Gasteiger partial charge in [0, 0.05) is 17.3 Å². The van der Waals surface area contributed by atoms with E-state index in [2.05, 4.69) is 5.32 Å². The van der Waals surface area contributed by atoms with Crippen LogP contribution < -0.4 is 9.14 Å². The molecule has 0 bridgehead atoms. The van der Waals surface area contributed by atoms with E-state index in [1.54, 1.807) is 30.3 Å². The Morgan fingerprint density at radius 3 is 2.30 bits per heavy atom. The number of para-hydroxylation sites is 1. The number of benzene rings is 3. The average Bonchev–Trinajstić information content (AvgIpc) is 2.74. The number of aromatic carboxylic acids is 1. The highest BCUT2D eigenvalue weighted by Crippen LogP contribution is 2.27. The lowest BCUT2D eigenvalue weighted by molar-refractivity contribution is 0.0698. The molecule has 7 nitrogen and oxygen atoms in total. The number of rotatable bonds is 6. The van der Waals surface area contributed by atoms with E-state index in [1.165, 1.54) is 42.5 Å². The SMILES string of the molecule is Cc1ccc(N(Cl)S(=O)(=O)c2cccc(C(=O)Nc3ccccc3C(=O)O)c2)cc1. The number of nitrogens with one attached hydrogen (secondary N) is 1. The number of anilines is 2. The van der Waals surface area contributed by atoms with Crippen LogP contribution in [0.4, 0.5) is 11.4 Å². The number of hydrogen-bond donors (Lipinski definition) is 2. The van der Waals surface area contributed by atoms with Gasteiger partial charge in [0.1, 0.15) is 0 Å². The van der Waals surface area contributed by atoms with Gasteiger partial charge >= 0.3 is 5.97 Å². The number of halogens is 1. The average molecular weight is 445 g/mol. The van der Waals surface area contributed by atoms with Gasteiger partial charge in [0.2, 0.25) is 0 Å². The number of carbonyl (C=O) groups is 2. The predicted octanol–water partition coefficient (Wildman–Crippen LogP) is 4.29. The van der Waals surface area contributed by atoms with Crippen molar-refractivity contribution in [1.29, 1.82) is 0 Å². The smallest absolute Gasteiger partial charge is 0.337 e. The second-order valence-electron chi connectivity index (χ2n) is 6.39. The van der Waals surface area contributed by atoms with Gasteiger partial charge in [-0.1, -0.05) is 35.9 Å². The molecule has 0 radical (unpaired) electrons.